The molecule has 11 heteroatoms. The third kappa shape index (κ3) is 4.62. The molecule has 1 atom stereocenters. The normalized spacial score (nSPS) is 16.9. The van der Waals surface area contributed by atoms with E-state index in [0.29, 0.717) is 5.71 Å². The van der Waals surface area contributed by atoms with Crippen molar-refractivity contribution in [2.45, 2.75) is 36.2 Å². The van der Waals surface area contributed by atoms with E-state index in [1.165, 1.54) is 35.6 Å². The van der Waals surface area contributed by atoms with E-state index in [-0.39, 0.29) is 16.2 Å². The first kappa shape index (κ1) is 22.6. The molecule has 0 fully saturated rings. The van der Waals surface area contributed by atoms with Crippen molar-refractivity contribution in [2.24, 2.45) is 5.10 Å². The van der Waals surface area contributed by atoms with Crippen molar-refractivity contribution in [3.8, 4) is 0 Å². The topological polar surface area (TPSA) is 108 Å². The van der Waals surface area contributed by atoms with E-state index in [9.17, 15) is 16.8 Å². The average molecular weight is 491 g/mol. The Kier molecular flexibility index (Phi) is 6.19. The number of hydrazine groups is 1. The minimum absolute atomic E-state index is 0.0703. The van der Waals surface area contributed by atoms with Gasteiger partial charge in [0, 0.05) is 6.42 Å². The Morgan fingerprint density at radius 1 is 0.906 bits per heavy atom. The van der Waals surface area contributed by atoms with E-state index in [0.717, 1.165) is 20.4 Å². The van der Waals surface area contributed by atoms with Crippen molar-refractivity contribution in [2.75, 3.05) is 0 Å². The van der Waals surface area contributed by atoms with Crippen LogP contribution in [0.2, 0.25) is 0 Å². The molecule has 1 unspecified atom stereocenters. The van der Waals surface area contributed by atoms with Crippen LogP contribution >= 0.6 is 11.3 Å². The van der Waals surface area contributed by atoms with Crippen LogP contribution in [0.3, 0.4) is 0 Å². The second kappa shape index (κ2) is 8.75. The summed E-state index contributed by atoms with van der Waals surface area (Å²) in [5.74, 6) is 0. The van der Waals surface area contributed by atoms with Crippen molar-refractivity contribution in [1.82, 2.24) is 14.7 Å². The largest absolute Gasteiger partial charge is 0.280 e. The van der Waals surface area contributed by atoms with E-state index in [4.69, 9.17) is 0 Å². The smallest absolute Gasteiger partial charge is 0.219 e. The van der Waals surface area contributed by atoms with E-state index < -0.39 is 26.2 Å². The second-order valence-corrected chi connectivity index (χ2v) is 11.8. The lowest BCUT2D eigenvalue weighted by molar-refractivity contribution is 0.301. The van der Waals surface area contributed by atoms with Crippen LogP contribution in [0, 0.1) is 13.8 Å². The summed E-state index contributed by atoms with van der Waals surface area (Å²) in [7, 11) is -7.92. The van der Waals surface area contributed by atoms with Crippen LogP contribution in [0.1, 0.15) is 22.4 Å². The number of nitrogens with one attached hydrogen (secondary N) is 2. The molecular weight excluding hydrogens is 468 g/mol. The molecule has 2 N–H and O–H groups in total. The summed E-state index contributed by atoms with van der Waals surface area (Å²) < 4.78 is 52.9. The summed E-state index contributed by atoms with van der Waals surface area (Å²) in [5, 5.41) is 6.22. The summed E-state index contributed by atoms with van der Waals surface area (Å²) in [5.41, 5.74) is 5.07. The fourth-order valence-corrected chi connectivity index (χ4v) is 6.14. The Balaban J connectivity index is 1.62. The van der Waals surface area contributed by atoms with Gasteiger partial charge in [-0.15, -0.1) is 16.2 Å². The number of hydrazone groups is 1. The summed E-state index contributed by atoms with van der Waals surface area (Å²) in [4.78, 5) is 3.28. The third-order valence-electron chi connectivity index (χ3n) is 4.93. The highest BCUT2D eigenvalue weighted by Crippen LogP contribution is 2.27. The van der Waals surface area contributed by atoms with Crippen LogP contribution in [-0.4, -0.2) is 33.1 Å². The van der Waals surface area contributed by atoms with Gasteiger partial charge in [-0.2, -0.15) is 17.9 Å². The Bertz CT molecular complexity index is 1330. The van der Waals surface area contributed by atoms with Gasteiger partial charge in [-0.25, -0.2) is 13.8 Å². The number of hydrogen-bond donors (Lipinski definition) is 2. The Morgan fingerprint density at radius 2 is 1.50 bits per heavy atom. The van der Waals surface area contributed by atoms with E-state index in [1.807, 2.05) is 31.4 Å². The molecule has 3 aromatic rings. The van der Waals surface area contributed by atoms with Gasteiger partial charge < -0.3 is 0 Å². The Hall–Kier alpha value is -2.57. The molecule has 0 saturated carbocycles. The van der Waals surface area contributed by atoms with Crippen molar-refractivity contribution in [3.05, 3.63) is 82.0 Å². The van der Waals surface area contributed by atoms with Gasteiger partial charge in [0.15, 0.2) is 0 Å². The molecule has 4 rings (SSSR count). The van der Waals surface area contributed by atoms with Gasteiger partial charge in [0.05, 0.1) is 20.4 Å². The molecule has 0 amide bonds. The highest BCUT2D eigenvalue weighted by Gasteiger charge is 2.37. The second-order valence-electron chi connectivity index (χ2n) is 7.40. The molecule has 0 aliphatic carbocycles. The molecule has 0 radical (unpaired) electrons. The standard InChI is InChI=1S/C21H22N4O4S3/c1-15-5-9-17(10-6-15)31(26,27)24-22-21-14-19(20-4-3-13-30-20)23-25(21)32(28,29)18-11-7-16(2)8-12-18/h3-13,21-22,24H,14H2,1-2H3. The van der Waals surface area contributed by atoms with Crippen LogP contribution < -0.4 is 10.3 Å². The van der Waals surface area contributed by atoms with E-state index in [1.54, 1.807) is 24.3 Å². The van der Waals surface area contributed by atoms with Crippen LogP contribution in [0.5, 0.6) is 0 Å². The molecule has 0 bridgehead atoms. The van der Waals surface area contributed by atoms with Crippen molar-refractivity contribution >= 4 is 37.1 Å². The number of nitrogens with zero attached hydrogens (tertiary/aromatic N) is 2. The zero-order valence-corrected chi connectivity index (χ0v) is 19.8. The van der Waals surface area contributed by atoms with Gasteiger partial charge >= 0.3 is 0 Å². The van der Waals surface area contributed by atoms with Crippen LogP contribution in [0.25, 0.3) is 0 Å². The zero-order chi connectivity index (χ0) is 22.9. The molecule has 2 heterocycles. The van der Waals surface area contributed by atoms with Crippen molar-refractivity contribution in [1.29, 1.82) is 0 Å². The van der Waals surface area contributed by atoms with E-state index >= 15 is 0 Å². The maximum Gasteiger partial charge on any atom is 0.280 e. The lowest BCUT2D eigenvalue weighted by atomic mass is 10.2. The summed E-state index contributed by atoms with van der Waals surface area (Å²) >= 11 is 1.44. The minimum Gasteiger partial charge on any atom is -0.219 e. The molecule has 0 spiro atoms. The summed E-state index contributed by atoms with van der Waals surface area (Å²) in [6, 6.07) is 16.5. The number of hydrogen-bond acceptors (Lipinski definition) is 7. The van der Waals surface area contributed by atoms with Crippen LogP contribution in [0.4, 0.5) is 0 Å². The fraction of sp³-hybridized carbons (Fsp3) is 0.190. The van der Waals surface area contributed by atoms with Crippen LogP contribution in [-0.2, 0) is 20.0 Å². The number of sulfonamides is 2. The number of benzene rings is 2. The molecule has 1 aromatic heterocycles. The molecule has 168 valence electrons. The maximum absolute atomic E-state index is 13.3. The maximum atomic E-state index is 13.3. The van der Waals surface area contributed by atoms with Crippen molar-refractivity contribution < 1.29 is 16.8 Å². The Morgan fingerprint density at radius 3 is 2.06 bits per heavy atom. The minimum atomic E-state index is -4.01. The molecular formula is C21H22N4O4S3. The first-order valence-electron chi connectivity index (χ1n) is 9.73. The molecule has 1 aliphatic rings. The van der Waals surface area contributed by atoms with Gasteiger partial charge in [0.1, 0.15) is 6.17 Å². The first-order chi connectivity index (χ1) is 15.2. The number of rotatable bonds is 7. The van der Waals surface area contributed by atoms with Gasteiger partial charge in [-0.1, -0.05) is 41.5 Å². The highest BCUT2D eigenvalue weighted by atomic mass is 32.2. The Labute approximate surface area is 191 Å². The SMILES string of the molecule is Cc1ccc(S(=O)(=O)NNC2CC(c3cccs3)=NN2S(=O)(=O)c2ccc(C)cc2)cc1. The third-order valence-corrected chi connectivity index (χ3v) is 8.83. The zero-order valence-electron chi connectivity index (χ0n) is 17.4. The monoisotopic (exact) mass is 490 g/mol. The lowest BCUT2D eigenvalue weighted by Crippen LogP contribution is -2.51. The van der Waals surface area contributed by atoms with Gasteiger partial charge in [0.2, 0.25) is 0 Å². The quantitative estimate of drug-likeness (QED) is 0.495. The first-order valence-corrected chi connectivity index (χ1v) is 13.5. The molecule has 32 heavy (non-hydrogen) atoms. The predicted molar refractivity (Wildman–Crippen MR) is 124 cm³/mol. The molecule has 8 nitrogen and oxygen atoms in total. The molecule has 1 aliphatic heterocycles. The predicted octanol–water partition coefficient (Wildman–Crippen LogP) is 2.97. The van der Waals surface area contributed by atoms with E-state index in [2.05, 4.69) is 15.4 Å². The summed E-state index contributed by atoms with van der Waals surface area (Å²) in [6.45, 7) is 3.72. The number of thiophene rings is 1. The summed E-state index contributed by atoms with van der Waals surface area (Å²) in [6.07, 6.45) is -0.735. The van der Waals surface area contributed by atoms with Crippen molar-refractivity contribution in [3.63, 3.8) is 0 Å². The van der Waals surface area contributed by atoms with Gasteiger partial charge in [-0.05, 0) is 49.6 Å². The number of aryl methyl sites for hydroxylation is 2. The lowest BCUT2D eigenvalue weighted by Gasteiger charge is -2.24. The van der Waals surface area contributed by atoms with Gasteiger partial charge in [0.25, 0.3) is 20.0 Å². The fourth-order valence-electron chi connectivity index (χ4n) is 3.15. The average Bonchev–Trinajstić information content (AvgIpc) is 3.43. The van der Waals surface area contributed by atoms with Crippen LogP contribution in [0.15, 0.2) is 80.9 Å². The molecule has 2 aromatic carbocycles. The molecule has 0 saturated heterocycles. The van der Waals surface area contributed by atoms with Gasteiger partial charge in [-0.3, -0.25) is 0 Å². The highest BCUT2D eigenvalue weighted by molar-refractivity contribution is 7.89.